The first kappa shape index (κ1) is 20.3. The number of para-hydroxylation sites is 1. The number of amides is 1. The van der Waals surface area contributed by atoms with Crippen LogP contribution in [-0.4, -0.2) is 39.3 Å². The molecule has 9 heteroatoms. The zero-order valence-electron chi connectivity index (χ0n) is 14.5. The van der Waals surface area contributed by atoms with E-state index in [1.807, 2.05) is 6.92 Å². The first-order chi connectivity index (χ1) is 12.1. The second-order valence-corrected chi connectivity index (χ2v) is 8.68. The van der Waals surface area contributed by atoms with Crippen molar-refractivity contribution in [3.63, 3.8) is 0 Å². The number of halogens is 2. The van der Waals surface area contributed by atoms with Crippen LogP contribution in [0.4, 0.5) is 15.8 Å². The average molecular weight is 444 g/mol. The van der Waals surface area contributed by atoms with E-state index in [1.54, 1.807) is 18.2 Å². The van der Waals surface area contributed by atoms with E-state index < -0.39 is 28.5 Å². The van der Waals surface area contributed by atoms with Gasteiger partial charge in [-0.25, -0.2) is 8.70 Å². The highest BCUT2D eigenvalue weighted by Crippen LogP contribution is 2.24. The number of benzene rings is 2. The Morgan fingerprint density at radius 1 is 1.19 bits per heavy atom. The fourth-order valence-corrected chi connectivity index (χ4v) is 3.51. The first-order valence-corrected chi connectivity index (χ1v) is 9.82. The summed E-state index contributed by atoms with van der Waals surface area (Å²) < 4.78 is 41.8. The third-order valence-corrected chi connectivity index (χ3v) is 6.29. The minimum atomic E-state index is -4.06. The molecule has 0 spiro atoms. The zero-order valence-corrected chi connectivity index (χ0v) is 16.9. The van der Waals surface area contributed by atoms with Crippen LogP contribution in [0.2, 0.25) is 0 Å². The third-order valence-electron chi connectivity index (χ3n) is 3.59. The van der Waals surface area contributed by atoms with E-state index in [0.29, 0.717) is 5.69 Å². The van der Waals surface area contributed by atoms with Crippen LogP contribution in [-0.2, 0) is 15.0 Å². The van der Waals surface area contributed by atoms with E-state index in [-0.39, 0.29) is 5.69 Å². The smallest absolute Gasteiger partial charge is 0.304 e. The van der Waals surface area contributed by atoms with Crippen LogP contribution in [0.3, 0.4) is 0 Å². The lowest BCUT2D eigenvalue weighted by Crippen LogP contribution is -2.44. The number of carbonyl (C=O) groups is 1. The summed E-state index contributed by atoms with van der Waals surface area (Å²) in [5, 5.41) is 2.63. The van der Waals surface area contributed by atoms with E-state index in [2.05, 4.69) is 21.2 Å². The van der Waals surface area contributed by atoms with Gasteiger partial charge in [0.1, 0.15) is 12.4 Å². The van der Waals surface area contributed by atoms with Gasteiger partial charge in [-0.05, 0) is 42.8 Å². The summed E-state index contributed by atoms with van der Waals surface area (Å²) in [6.45, 7) is 1.30. The molecule has 1 N–H and O–H groups in total. The first-order valence-electron chi connectivity index (χ1n) is 7.63. The summed E-state index contributed by atoms with van der Waals surface area (Å²) in [5.74, 6) is -1.31. The van der Waals surface area contributed by atoms with Gasteiger partial charge in [-0.2, -0.15) is 12.7 Å². The second-order valence-electron chi connectivity index (χ2n) is 5.76. The van der Waals surface area contributed by atoms with E-state index in [1.165, 1.54) is 32.3 Å². The number of rotatable bonds is 6. The molecule has 1 amide bonds. The van der Waals surface area contributed by atoms with Crippen molar-refractivity contribution in [2.75, 3.05) is 30.3 Å². The topological polar surface area (TPSA) is 69.7 Å². The van der Waals surface area contributed by atoms with Crippen LogP contribution in [0.25, 0.3) is 0 Å². The number of hydrogen-bond acceptors (Lipinski definition) is 3. The van der Waals surface area contributed by atoms with E-state index in [0.717, 1.165) is 24.7 Å². The van der Waals surface area contributed by atoms with Gasteiger partial charge in [-0.1, -0.05) is 28.1 Å². The Bertz CT molecular complexity index is 919. The largest absolute Gasteiger partial charge is 0.325 e. The molecule has 2 aromatic carbocycles. The Hall–Kier alpha value is -1.97. The van der Waals surface area contributed by atoms with Gasteiger partial charge >= 0.3 is 10.2 Å². The number of aryl methyl sites for hydroxylation is 1. The van der Waals surface area contributed by atoms with Crippen LogP contribution in [0.15, 0.2) is 46.9 Å². The molecular formula is C17H19BrFN3O3S. The van der Waals surface area contributed by atoms with Crippen molar-refractivity contribution >= 4 is 43.4 Å². The SMILES string of the molecule is Cc1cc(NC(=O)CN(c2ccccc2F)S(=O)(=O)N(C)C)ccc1Br. The quantitative estimate of drug-likeness (QED) is 0.745. The van der Waals surface area contributed by atoms with E-state index in [9.17, 15) is 17.6 Å². The fraction of sp³-hybridized carbons (Fsp3) is 0.235. The Balaban J connectivity index is 2.31. The molecule has 140 valence electrons. The molecule has 0 aliphatic carbocycles. The molecule has 0 aliphatic rings. The molecule has 6 nitrogen and oxygen atoms in total. The van der Waals surface area contributed by atoms with Gasteiger partial charge in [0, 0.05) is 24.3 Å². The minimum absolute atomic E-state index is 0.191. The maximum atomic E-state index is 14.1. The van der Waals surface area contributed by atoms with Crippen molar-refractivity contribution in [2.24, 2.45) is 0 Å². The number of carbonyl (C=O) groups excluding carboxylic acids is 1. The van der Waals surface area contributed by atoms with Crippen LogP contribution in [0.5, 0.6) is 0 Å². The monoisotopic (exact) mass is 443 g/mol. The molecule has 0 heterocycles. The van der Waals surface area contributed by atoms with Crippen molar-refractivity contribution < 1.29 is 17.6 Å². The summed E-state index contributed by atoms with van der Waals surface area (Å²) in [6.07, 6.45) is 0. The molecule has 0 aliphatic heterocycles. The van der Waals surface area contributed by atoms with Gasteiger partial charge in [0.05, 0.1) is 5.69 Å². The Morgan fingerprint density at radius 3 is 2.42 bits per heavy atom. The highest BCUT2D eigenvalue weighted by molar-refractivity contribution is 9.10. The molecule has 0 atom stereocenters. The van der Waals surface area contributed by atoms with Crippen LogP contribution in [0.1, 0.15) is 5.56 Å². The van der Waals surface area contributed by atoms with Crippen molar-refractivity contribution in [2.45, 2.75) is 6.92 Å². The van der Waals surface area contributed by atoms with Gasteiger partial charge in [-0.3, -0.25) is 4.79 Å². The lowest BCUT2D eigenvalue weighted by molar-refractivity contribution is -0.114. The summed E-state index contributed by atoms with van der Waals surface area (Å²) in [4.78, 5) is 12.4. The van der Waals surface area contributed by atoms with Crippen LogP contribution < -0.4 is 9.62 Å². The van der Waals surface area contributed by atoms with Crippen LogP contribution >= 0.6 is 15.9 Å². The lowest BCUT2D eigenvalue weighted by atomic mass is 10.2. The molecule has 0 bridgehead atoms. The van der Waals surface area contributed by atoms with E-state index >= 15 is 0 Å². The summed E-state index contributed by atoms with van der Waals surface area (Å²) >= 11 is 3.37. The second kappa shape index (κ2) is 8.15. The van der Waals surface area contributed by atoms with Crippen LogP contribution in [0, 0.1) is 12.7 Å². The van der Waals surface area contributed by atoms with Crippen molar-refractivity contribution in [3.05, 3.63) is 58.3 Å². The van der Waals surface area contributed by atoms with Crippen molar-refractivity contribution in [3.8, 4) is 0 Å². The lowest BCUT2D eigenvalue weighted by Gasteiger charge is -2.27. The highest BCUT2D eigenvalue weighted by atomic mass is 79.9. The normalized spacial score (nSPS) is 11.5. The number of hydrogen-bond donors (Lipinski definition) is 1. The standard InChI is InChI=1S/C17H19BrFN3O3S/c1-12-10-13(8-9-14(12)18)20-17(23)11-22(26(24,25)21(2)3)16-7-5-4-6-15(16)19/h4-10H,11H2,1-3H3,(H,20,23). The predicted octanol–water partition coefficient (Wildman–Crippen LogP) is 3.15. The molecule has 0 radical (unpaired) electrons. The number of anilines is 2. The van der Waals surface area contributed by atoms with Gasteiger partial charge in [0.15, 0.2) is 0 Å². The average Bonchev–Trinajstić information content (AvgIpc) is 2.56. The molecule has 0 unspecified atom stereocenters. The maximum Gasteiger partial charge on any atom is 0.304 e. The molecule has 0 saturated heterocycles. The van der Waals surface area contributed by atoms with E-state index in [4.69, 9.17) is 0 Å². The molecule has 0 aromatic heterocycles. The molecule has 0 fully saturated rings. The predicted molar refractivity (Wildman–Crippen MR) is 104 cm³/mol. The molecule has 2 rings (SSSR count). The Morgan fingerprint density at radius 2 is 1.85 bits per heavy atom. The minimum Gasteiger partial charge on any atom is -0.325 e. The van der Waals surface area contributed by atoms with Gasteiger partial charge in [-0.15, -0.1) is 0 Å². The fourth-order valence-electron chi connectivity index (χ4n) is 2.20. The van der Waals surface area contributed by atoms with Gasteiger partial charge in [0.2, 0.25) is 5.91 Å². The highest BCUT2D eigenvalue weighted by Gasteiger charge is 2.29. The third kappa shape index (κ3) is 4.60. The summed E-state index contributed by atoms with van der Waals surface area (Å²) in [7, 11) is -1.42. The number of nitrogens with one attached hydrogen (secondary N) is 1. The van der Waals surface area contributed by atoms with Crippen molar-refractivity contribution in [1.82, 2.24) is 4.31 Å². The maximum absolute atomic E-state index is 14.1. The Kier molecular flexibility index (Phi) is 6.38. The summed E-state index contributed by atoms with van der Waals surface area (Å²) in [6, 6.07) is 10.6. The zero-order chi connectivity index (χ0) is 19.5. The molecule has 0 saturated carbocycles. The van der Waals surface area contributed by atoms with Gasteiger partial charge in [0.25, 0.3) is 0 Å². The summed E-state index contributed by atoms with van der Waals surface area (Å²) in [5.41, 5.74) is 1.24. The molecular weight excluding hydrogens is 425 g/mol. The van der Waals surface area contributed by atoms with Gasteiger partial charge < -0.3 is 5.32 Å². The molecule has 2 aromatic rings. The van der Waals surface area contributed by atoms with Crippen molar-refractivity contribution in [1.29, 1.82) is 0 Å². The molecule has 26 heavy (non-hydrogen) atoms. The Labute approximate surface area is 160 Å². The number of nitrogens with zero attached hydrogens (tertiary/aromatic N) is 2.